The molecule has 0 aliphatic heterocycles. The van der Waals surface area contributed by atoms with E-state index in [0.717, 1.165) is 4.47 Å². The average Bonchev–Trinajstić information content (AvgIpc) is 2.09. The number of halogens is 2. The van der Waals surface area contributed by atoms with Gasteiger partial charge < -0.3 is 5.73 Å². The third-order valence-electron chi connectivity index (χ3n) is 1.58. The van der Waals surface area contributed by atoms with Crippen molar-refractivity contribution in [2.45, 2.75) is 0 Å². The monoisotopic (exact) mass is 356 g/mol. The second-order valence-electron chi connectivity index (χ2n) is 2.83. The van der Waals surface area contributed by atoms with E-state index in [2.05, 4.69) is 36.6 Å². The van der Waals surface area contributed by atoms with Crippen LogP contribution in [0.1, 0.15) is 0 Å². The molecule has 0 radical (unpaired) electrons. The Kier molecular flexibility index (Phi) is 4.57. The van der Waals surface area contributed by atoms with Crippen molar-refractivity contribution >= 4 is 47.6 Å². The van der Waals surface area contributed by atoms with Crippen LogP contribution in [0.25, 0.3) is 0 Å². The Morgan fingerprint density at radius 1 is 1.33 bits per heavy atom. The topological polar surface area (TPSA) is 72.2 Å². The van der Waals surface area contributed by atoms with Crippen molar-refractivity contribution in [3.8, 4) is 0 Å². The van der Waals surface area contributed by atoms with Gasteiger partial charge in [0.15, 0.2) is 0 Å². The number of sulfonamides is 1. The summed E-state index contributed by atoms with van der Waals surface area (Å²) in [5.41, 5.74) is 5.70. The average molecular weight is 358 g/mol. The summed E-state index contributed by atoms with van der Waals surface area (Å²) in [5.74, 6) is -0.0878. The first-order chi connectivity index (χ1) is 6.94. The number of rotatable bonds is 4. The minimum Gasteiger partial charge on any atom is -0.329 e. The van der Waals surface area contributed by atoms with Crippen LogP contribution in [0.15, 0.2) is 27.1 Å². The molecule has 1 rings (SSSR count). The van der Waals surface area contributed by atoms with Gasteiger partial charge in [0.05, 0.1) is 11.4 Å². The van der Waals surface area contributed by atoms with Crippen LogP contribution >= 0.6 is 31.9 Å². The highest BCUT2D eigenvalue weighted by molar-refractivity contribution is 9.11. The normalized spacial score (nSPS) is 11.4. The molecule has 1 aromatic rings. The van der Waals surface area contributed by atoms with Crippen LogP contribution in [-0.4, -0.2) is 20.7 Å². The zero-order valence-corrected chi connectivity index (χ0v) is 11.7. The van der Waals surface area contributed by atoms with Crippen LogP contribution in [0.3, 0.4) is 0 Å². The zero-order valence-electron chi connectivity index (χ0n) is 7.70. The molecule has 3 N–H and O–H groups in total. The third-order valence-corrected chi connectivity index (χ3v) is 4.04. The van der Waals surface area contributed by atoms with Crippen LogP contribution in [0.5, 0.6) is 0 Å². The summed E-state index contributed by atoms with van der Waals surface area (Å²) < 4.78 is 26.8. The van der Waals surface area contributed by atoms with E-state index in [4.69, 9.17) is 5.73 Å². The van der Waals surface area contributed by atoms with Crippen molar-refractivity contribution in [3.05, 3.63) is 27.1 Å². The molecule has 0 aliphatic rings. The van der Waals surface area contributed by atoms with E-state index in [1.54, 1.807) is 18.2 Å². The highest BCUT2D eigenvalue weighted by Gasteiger charge is 2.10. The van der Waals surface area contributed by atoms with Gasteiger partial charge in [-0.05, 0) is 34.1 Å². The first kappa shape index (κ1) is 13.0. The van der Waals surface area contributed by atoms with Crippen molar-refractivity contribution in [2.24, 2.45) is 5.73 Å². The van der Waals surface area contributed by atoms with E-state index >= 15 is 0 Å². The van der Waals surface area contributed by atoms with Crippen LogP contribution in [0.2, 0.25) is 0 Å². The summed E-state index contributed by atoms with van der Waals surface area (Å²) in [7, 11) is -3.34. The lowest BCUT2D eigenvalue weighted by atomic mass is 10.3. The molecule has 0 fully saturated rings. The van der Waals surface area contributed by atoms with Gasteiger partial charge in [-0.25, -0.2) is 8.42 Å². The highest BCUT2D eigenvalue weighted by Crippen LogP contribution is 2.26. The molecule has 0 bridgehead atoms. The molecule has 0 saturated heterocycles. The predicted molar refractivity (Wildman–Crippen MR) is 68.3 cm³/mol. The summed E-state index contributed by atoms with van der Waals surface area (Å²) in [4.78, 5) is 0. The second-order valence-corrected chi connectivity index (χ2v) is 6.45. The van der Waals surface area contributed by atoms with Gasteiger partial charge in [-0.3, -0.25) is 4.72 Å². The van der Waals surface area contributed by atoms with Crippen molar-refractivity contribution in [1.82, 2.24) is 0 Å². The SMILES string of the molecule is NCCS(=O)(=O)Nc1ccc(Br)cc1Br. The van der Waals surface area contributed by atoms with Crippen molar-refractivity contribution in [2.75, 3.05) is 17.0 Å². The predicted octanol–water partition coefficient (Wildman–Crippen LogP) is 1.91. The number of nitrogens with two attached hydrogens (primary N) is 1. The van der Waals surface area contributed by atoms with Gasteiger partial charge in [-0.2, -0.15) is 0 Å². The first-order valence-electron chi connectivity index (χ1n) is 4.10. The van der Waals surface area contributed by atoms with E-state index in [1.807, 2.05) is 0 Å². The Labute approximate surface area is 106 Å². The lowest BCUT2D eigenvalue weighted by Gasteiger charge is -2.08. The Balaban J connectivity index is 2.90. The van der Waals surface area contributed by atoms with Gasteiger partial charge in [0, 0.05) is 15.5 Å². The molecule has 4 nitrogen and oxygen atoms in total. The molecular weight excluding hydrogens is 348 g/mol. The number of hydrogen-bond donors (Lipinski definition) is 2. The molecule has 15 heavy (non-hydrogen) atoms. The molecule has 0 atom stereocenters. The maximum atomic E-state index is 11.4. The number of hydrogen-bond acceptors (Lipinski definition) is 3. The lowest BCUT2D eigenvalue weighted by Crippen LogP contribution is -2.22. The third kappa shape index (κ3) is 4.10. The van der Waals surface area contributed by atoms with Crippen molar-refractivity contribution in [3.63, 3.8) is 0 Å². The van der Waals surface area contributed by atoms with Gasteiger partial charge in [-0.1, -0.05) is 15.9 Å². The minimum atomic E-state index is -3.34. The molecule has 84 valence electrons. The summed E-state index contributed by atoms with van der Waals surface area (Å²) >= 11 is 6.54. The Bertz CT molecular complexity index is 448. The van der Waals surface area contributed by atoms with Gasteiger partial charge in [0.1, 0.15) is 0 Å². The summed E-state index contributed by atoms with van der Waals surface area (Å²) in [6.07, 6.45) is 0. The fourth-order valence-electron chi connectivity index (χ4n) is 0.946. The van der Waals surface area contributed by atoms with E-state index < -0.39 is 10.0 Å². The number of nitrogens with one attached hydrogen (secondary N) is 1. The van der Waals surface area contributed by atoms with Crippen LogP contribution in [-0.2, 0) is 10.0 Å². The largest absolute Gasteiger partial charge is 0.329 e. The summed E-state index contributed by atoms with van der Waals surface area (Å²) in [6.45, 7) is 0.101. The van der Waals surface area contributed by atoms with Crippen LogP contribution in [0.4, 0.5) is 5.69 Å². The van der Waals surface area contributed by atoms with Gasteiger partial charge in [-0.15, -0.1) is 0 Å². The molecule has 0 heterocycles. The molecule has 0 saturated carbocycles. The highest BCUT2D eigenvalue weighted by atomic mass is 79.9. The smallest absolute Gasteiger partial charge is 0.234 e. The molecule has 0 unspecified atom stereocenters. The maximum Gasteiger partial charge on any atom is 0.234 e. The molecular formula is C8H10Br2N2O2S. The molecule has 7 heteroatoms. The Morgan fingerprint density at radius 2 is 2.00 bits per heavy atom. The van der Waals surface area contributed by atoms with E-state index in [9.17, 15) is 8.42 Å². The fourth-order valence-corrected chi connectivity index (χ4v) is 3.15. The van der Waals surface area contributed by atoms with E-state index in [0.29, 0.717) is 10.2 Å². The molecule has 0 aliphatic carbocycles. The maximum absolute atomic E-state index is 11.4. The summed E-state index contributed by atoms with van der Waals surface area (Å²) in [6, 6.07) is 5.19. The molecule has 0 amide bonds. The molecule has 0 aromatic heterocycles. The zero-order chi connectivity index (χ0) is 11.5. The number of anilines is 1. The molecule has 0 spiro atoms. The fraction of sp³-hybridized carbons (Fsp3) is 0.250. The van der Waals surface area contributed by atoms with Crippen LogP contribution in [0, 0.1) is 0 Å². The Morgan fingerprint density at radius 3 is 2.53 bits per heavy atom. The van der Waals surface area contributed by atoms with Gasteiger partial charge in [0.2, 0.25) is 10.0 Å². The summed E-state index contributed by atoms with van der Waals surface area (Å²) in [5, 5.41) is 0. The first-order valence-corrected chi connectivity index (χ1v) is 7.34. The van der Waals surface area contributed by atoms with E-state index in [-0.39, 0.29) is 12.3 Å². The minimum absolute atomic E-state index is 0.0878. The van der Waals surface area contributed by atoms with Crippen molar-refractivity contribution in [1.29, 1.82) is 0 Å². The Hall–Kier alpha value is -0.110. The standard InChI is InChI=1S/C8H10Br2N2O2S/c9-6-1-2-8(7(10)5-6)12-15(13,14)4-3-11/h1-2,5,12H,3-4,11H2. The van der Waals surface area contributed by atoms with Crippen molar-refractivity contribution < 1.29 is 8.42 Å². The van der Waals surface area contributed by atoms with Crippen LogP contribution < -0.4 is 10.5 Å². The molecule has 1 aromatic carbocycles. The van der Waals surface area contributed by atoms with Gasteiger partial charge >= 0.3 is 0 Å². The lowest BCUT2D eigenvalue weighted by molar-refractivity contribution is 0.601. The van der Waals surface area contributed by atoms with E-state index in [1.165, 1.54) is 0 Å². The number of benzene rings is 1. The quantitative estimate of drug-likeness (QED) is 0.864. The second kappa shape index (κ2) is 5.29. The van der Waals surface area contributed by atoms with Gasteiger partial charge in [0.25, 0.3) is 0 Å².